The van der Waals surface area contributed by atoms with Crippen molar-refractivity contribution in [3.05, 3.63) is 70.8 Å². The number of urea groups is 1. The van der Waals surface area contributed by atoms with Gasteiger partial charge in [-0.1, -0.05) is 49.7 Å². The van der Waals surface area contributed by atoms with E-state index in [9.17, 15) is 18.0 Å². The van der Waals surface area contributed by atoms with Crippen LogP contribution in [0.2, 0.25) is 0 Å². The topological polar surface area (TPSA) is 32.3 Å². The van der Waals surface area contributed by atoms with Crippen molar-refractivity contribution < 1.29 is 18.0 Å². The molecule has 1 unspecified atom stereocenters. The molecule has 1 heterocycles. The summed E-state index contributed by atoms with van der Waals surface area (Å²) >= 11 is 0. The van der Waals surface area contributed by atoms with Crippen LogP contribution in [0, 0.1) is 0 Å². The first-order valence-corrected chi connectivity index (χ1v) is 9.21. The number of hydrogen-bond acceptors (Lipinski definition) is 1. The summed E-state index contributed by atoms with van der Waals surface area (Å²) in [6, 6.07) is 12.3. The third-order valence-corrected chi connectivity index (χ3v) is 4.90. The van der Waals surface area contributed by atoms with Gasteiger partial charge in [0, 0.05) is 13.1 Å². The van der Waals surface area contributed by atoms with Crippen LogP contribution < -0.4 is 5.32 Å². The minimum atomic E-state index is -4.37. The van der Waals surface area contributed by atoms with E-state index in [0.29, 0.717) is 18.7 Å². The van der Waals surface area contributed by atoms with E-state index < -0.39 is 11.7 Å². The summed E-state index contributed by atoms with van der Waals surface area (Å²) in [4.78, 5) is 14.5. The van der Waals surface area contributed by atoms with Gasteiger partial charge in [0.15, 0.2) is 0 Å². The van der Waals surface area contributed by atoms with Crippen molar-refractivity contribution in [2.75, 3.05) is 13.1 Å². The molecule has 0 aromatic heterocycles. The molecular weight excluding hydrogens is 353 g/mol. The summed E-state index contributed by atoms with van der Waals surface area (Å²) in [5.41, 5.74) is 2.09. The number of hydrogen-bond donors (Lipinski definition) is 1. The minimum absolute atomic E-state index is 0.178. The molecule has 3 rings (SSSR count). The fraction of sp³-hybridized carbons (Fsp3) is 0.381. The monoisotopic (exact) mass is 376 g/mol. The Hall–Kier alpha value is -2.50. The first-order chi connectivity index (χ1) is 12.9. The molecule has 1 aliphatic heterocycles. The van der Waals surface area contributed by atoms with Gasteiger partial charge in [0.05, 0.1) is 11.6 Å². The first-order valence-electron chi connectivity index (χ1n) is 9.21. The molecule has 27 heavy (non-hydrogen) atoms. The highest BCUT2D eigenvalue weighted by atomic mass is 19.4. The summed E-state index contributed by atoms with van der Waals surface area (Å²) < 4.78 is 38.7. The van der Waals surface area contributed by atoms with Gasteiger partial charge in [0.2, 0.25) is 0 Å². The van der Waals surface area contributed by atoms with Crippen LogP contribution in [0.25, 0.3) is 0 Å². The maximum Gasteiger partial charge on any atom is 0.416 e. The minimum Gasteiger partial charge on any atom is -0.338 e. The molecule has 0 aliphatic carbocycles. The van der Waals surface area contributed by atoms with Crippen LogP contribution in [-0.2, 0) is 12.6 Å². The van der Waals surface area contributed by atoms with E-state index in [1.807, 2.05) is 31.2 Å². The summed E-state index contributed by atoms with van der Waals surface area (Å²) in [5, 5.41) is 2.93. The fourth-order valence-corrected chi connectivity index (χ4v) is 3.47. The Labute approximate surface area is 157 Å². The summed E-state index contributed by atoms with van der Waals surface area (Å²) in [6.07, 6.45) is -1.78. The quantitative estimate of drug-likeness (QED) is 0.734. The van der Waals surface area contributed by atoms with Crippen molar-refractivity contribution in [2.45, 2.75) is 38.4 Å². The zero-order chi connectivity index (χ0) is 19.4. The molecule has 2 aromatic rings. The number of nitrogens with zero attached hydrogens (tertiary/aromatic N) is 1. The lowest BCUT2D eigenvalue weighted by Crippen LogP contribution is -2.46. The van der Waals surface area contributed by atoms with Crippen molar-refractivity contribution in [2.24, 2.45) is 0 Å². The molecule has 1 aliphatic rings. The van der Waals surface area contributed by atoms with Crippen LogP contribution in [0.5, 0.6) is 0 Å². The Balaban J connectivity index is 1.94. The van der Waals surface area contributed by atoms with Gasteiger partial charge in [-0.15, -0.1) is 0 Å². The second kappa shape index (κ2) is 8.03. The van der Waals surface area contributed by atoms with Gasteiger partial charge in [-0.05, 0) is 41.7 Å². The lowest BCUT2D eigenvalue weighted by Gasteiger charge is -2.37. The molecule has 2 aromatic carbocycles. The second-order valence-corrected chi connectivity index (χ2v) is 6.75. The highest BCUT2D eigenvalue weighted by molar-refractivity contribution is 5.76. The van der Waals surface area contributed by atoms with Crippen LogP contribution >= 0.6 is 0 Å². The summed E-state index contributed by atoms with van der Waals surface area (Å²) in [7, 11) is 0. The maximum absolute atomic E-state index is 12.9. The van der Waals surface area contributed by atoms with E-state index in [4.69, 9.17) is 0 Å². The van der Waals surface area contributed by atoms with Crippen LogP contribution in [-0.4, -0.2) is 24.0 Å². The van der Waals surface area contributed by atoms with E-state index in [0.717, 1.165) is 42.5 Å². The number of carbonyl (C=O) groups excluding carboxylic acids is 1. The van der Waals surface area contributed by atoms with Crippen molar-refractivity contribution in [1.29, 1.82) is 0 Å². The number of benzene rings is 2. The molecule has 0 radical (unpaired) electrons. The number of fused-ring (bicyclic) bond motifs is 1. The normalized spacial score (nSPS) is 16.7. The van der Waals surface area contributed by atoms with Gasteiger partial charge in [-0.25, -0.2) is 4.79 Å². The Bertz CT molecular complexity index is 787. The second-order valence-electron chi connectivity index (χ2n) is 6.75. The van der Waals surface area contributed by atoms with Crippen molar-refractivity contribution >= 4 is 6.03 Å². The number of amides is 2. The van der Waals surface area contributed by atoms with E-state index in [-0.39, 0.29) is 12.1 Å². The lowest BCUT2D eigenvalue weighted by molar-refractivity contribution is -0.137. The third-order valence-electron chi connectivity index (χ3n) is 4.90. The summed E-state index contributed by atoms with van der Waals surface area (Å²) in [6.45, 7) is 3.17. The van der Waals surface area contributed by atoms with Gasteiger partial charge in [0.1, 0.15) is 0 Å². The van der Waals surface area contributed by atoms with Crippen LogP contribution in [0.4, 0.5) is 18.0 Å². The van der Waals surface area contributed by atoms with Gasteiger partial charge in [0.25, 0.3) is 0 Å². The van der Waals surface area contributed by atoms with Gasteiger partial charge < -0.3 is 10.2 Å². The standard InChI is InChI=1S/C21H23F3N2O/c1-2-3-13-25-20(27)26-14-12-15-6-4-5-7-18(15)19(26)16-8-10-17(11-9-16)21(22,23)24/h4-11,19H,2-3,12-14H2,1H3,(H,25,27). The Morgan fingerprint density at radius 2 is 1.85 bits per heavy atom. The number of nitrogens with one attached hydrogen (secondary N) is 1. The fourth-order valence-electron chi connectivity index (χ4n) is 3.47. The average molecular weight is 376 g/mol. The number of unbranched alkanes of at least 4 members (excludes halogenated alkanes) is 1. The molecule has 3 nitrogen and oxygen atoms in total. The number of carbonyl (C=O) groups is 1. The highest BCUT2D eigenvalue weighted by Gasteiger charge is 2.34. The molecule has 6 heteroatoms. The van der Waals surface area contributed by atoms with E-state index in [2.05, 4.69) is 5.32 Å². The molecule has 1 atom stereocenters. The molecule has 1 N–H and O–H groups in total. The zero-order valence-electron chi connectivity index (χ0n) is 15.2. The van der Waals surface area contributed by atoms with Crippen molar-refractivity contribution in [3.8, 4) is 0 Å². The van der Waals surface area contributed by atoms with Crippen LogP contribution in [0.15, 0.2) is 48.5 Å². The van der Waals surface area contributed by atoms with E-state index in [1.165, 1.54) is 12.1 Å². The molecule has 2 amide bonds. The molecular formula is C21H23F3N2O. The lowest BCUT2D eigenvalue weighted by atomic mass is 9.88. The number of rotatable bonds is 4. The third kappa shape index (κ3) is 4.26. The molecule has 0 spiro atoms. The first kappa shape index (κ1) is 19.3. The van der Waals surface area contributed by atoms with Crippen LogP contribution in [0.3, 0.4) is 0 Å². The maximum atomic E-state index is 12.9. The van der Waals surface area contributed by atoms with Crippen LogP contribution in [0.1, 0.15) is 48.1 Å². The van der Waals surface area contributed by atoms with Gasteiger partial charge >= 0.3 is 12.2 Å². The molecule has 0 saturated carbocycles. The Kier molecular flexibility index (Phi) is 5.73. The largest absolute Gasteiger partial charge is 0.416 e. The molecule has 0 fully saturated rings. The Morgan fingerprint density at radius 3 is 2.52 bits per heavy atom. The highest BCUT2D eigenvalue weighted by Crippen LogP contribution is 2.37. The van der Waals surface area contributed by atoms with Gasteiger partial charge in [-0.3, -0.25) is 0 Å². The predicted octanol–water partition coefficient (Wildman–Crippen LogP) is 5.16. The number of halogens is 3. The number of alkyl halides is 3. The summed E-state index contributed by atoms with van der Waals surface area (Å²) in [5.74, 6) is 0. The molecule has 144 valence electrons. The smallest absolute Gasteiger partial charge is 0.338 e. The SMILES string of the molecule is CCCCNC(=O)N1CCc2ccccc2C1c1ccc(C(F)(F)F)cc1. The molecule has 0 bridgehead atoms. The Morgan fingerprint density at radius 1 is 1.15 bits per heavy atom. The average Bonchev–Trinajstić information content (AvgIpc) is 2.66. The van der Waals surface area contributed by atoms with E-state index >= 15 is 0 Å². The van der Waals surface area contributed by atoms with Crippen molar-refractivity contribution in [1.82, 2.24) is 10.2 Å². The predicted molar refractivity (Wildman–Crippen MR) is 98.4 cm³/mol. The zero-order valence-corrected chi connectivity index (χ0v) is 15.2. The van der Waals surface area contributed by atoms with E-state index in [1.54, 1.807) is 4.90 Å². The van der Waals surface area contributed by atoms with Gasteiger partial charge in [-0.2, -0.15) is 13.2 Å². The van der Waals surface area contributed by atoms with Crippen molar-refractivity contribution in [3.63, 3.8) is 0 Å². The molecule has 0 saturated heterocycles.